The summed E-state index contributed by atoms with van der Waals surface area (Å²) in [6.07, 6.45) is 3.64. The average Bonchev–Trinajstić information content (AvgIpc) is 3.30. The number of hydrogen-bond donors (Lipinski definition) is 1. The molecule has 1 fully saturated rings. The maximum atomic E-state index is 13.1. The van der Waals surface area contributed by atoms with Crippen LogP contribution in [0.1, 0.15) is 49.2 Å². The van der Waals surface area contributed by atoms with Crippen LogP contribution in [0.2, 0.25) is 0 Å². The van der Waals surface area contributed by atoms with Gasteiger partial charge in [0, 0.05) is 18.4 Å². The SMILES string of the molecule is CCC(NC(=O)C1CCCN(Cc2nc(-c3ccccc3C)no2)C1)c1ccc(S(C)(=O)=O)cc1. The lowest BCUT2D eigenvalue weighted by Crippen LogP contribution is -2.43. The summed E-state index contributed by atoms with van der Waals surface area (Å²) in [4.78, 5) is 20.1. The molecule has 186 valence electrons. The fourth-order valence-corrected chi connectivity index (χ4v) is 5.15. The summed E-state index contributed by atoms with van der Waals surface area (Å²) < 4.78 is 29.0. The van der Waals surface area contributed by atoms with Gasteiger partial charge in [0.15, 0.2) is 9.84 Å². The Morgan fingerprint density at radius 3 is 2.63 bits per heavy atom. The smallest absolute Gasteiger partial charge is 0.241 e. The van der Waals surface area contributed by atoms with Gasteiger partial charge in [-0.25, -0.2) is 8.42 Å². The van der Waals surface area contributed by atoms with Gasteiger partial charge in [0.2, 0.25) is 17.6 Å². The zero-order valence-electron chi connectivity index (χ0n) is 20.4. The van der Waals surface area contributed by atoms with Gasteiger partial charge in [0.25, 0.3) is 0 Å². The van der Waals surface area contributed by atoms with E-state index in [0.717, 1.165) is 36.1 Å². The van der Waals surface area contributed by atoms with Crippen molar-refractivity contribution in [3.63, 3.8) is 0 Å². The van der Waals surface area contributed by atoms with E-state index in [-0.39, 0.29) is 22.8 Å². The Kier molecular flexibility index (Phi) is 7.66. The second-order valence-electron chi connectivity index (χ2n) is 9.21. The molecule has 4 rings (SSSR count). The zero-order valence-corrected chi connectivity index (χ0v) is 21.2. The Bertz CT molecular complexity index is 1270. The van der Waals surface area contributed by atoms with Crippen molar-refractivity contribution >= 4 is 15.7 Å². The molecule has 8 nitrogen and oxygen atoms in total. The highest BCUT2D eigenvalue weighted by atomic mass is 32.2. The fourth-order valence-electron chi connectivity index (χ4n) is 4.51. The zero-order chi connectivity index (χ0) is 25.0. The van der Waals surface area contributed by atoms with Crippen molar-refractivity contribution in [2.24, 2.45) is 5.92 Å². The Labute approximate surface area is 206 Å². The summed E-state index contributed by atoms with van der Waals surface area (Å²) in [5.74, 6) is 1.01. The molecule has 0 bridgehead atoms. The molecule has 1 aromatic heterocycles. The highest BCUT2D eigenvalue weighted by molar-refractivity contribution is 7.90. The number of likely N-dealkylation sites (tertiary alicyclic amines) is 1. The molecule has 0 spiro atoms. The molecule has 0 aliphatic carbocycles. The molecule has 1 aliphatic rings. The van der Waals surface area contributed by atoms with Crippen LogP contribution >= 0.6 is 0 Å². The molecule has 1 N–H and O–H groups in total. The monoisotopic (exact) mass is 496 g/mol. The van der Waals surface area contributed by atoms with Crippen LogP contribution in [-0.4, -0.2) is 48.7 Å². The van der Waals surface area contributed by atoms with Crippen molar-refractivity contribution in [2.45, 2.75) is 50.6 Å². The van der Waals surface area contributed by atoms with E-state index in [1.165, 1.54) is 6.26 Å². The number of nitrogens with one attached hydrogen (secondary N) is 1. The van der Waals surface area contributed by atoms with E-state index in [9.17, 15) is 13.2 Å². The number of benzene rings is 2. The van der Waals surface area contributed by atoms with Gasteiger partial charge < -0.3 is 9.84 Å². The molecule has 35 heavy (non-hydrogen) atoms. The Morgan fingerprint density at radius 2 is 1.94 bits per heavy atom. The Balaban J connectivity index is 1.37. The van der Waals surface area contributed by atoms with Gasteiger partial charge in [-0.05, 0) is 56.0 Å². The molecule has 2 aromatic carbocycles. The second kappa shape index (κ2) is 10.7. The predicted octanol–water partition coefficient (Wildman–Crippen LogP) is 3.93. The minimum absolute atomic E-state index is 0.0138. The second-order valence-corrected chi connectivity index (χ2v) is 11.2. The minimum atomic E-state index is -3.25. The molecule has 0 saturated carbocycles. The first-order valence-electron chi connectivity index (χ1n) is 12.0. The molecule has 9 heteroatoms. The van der Waals surface area contributed by atoms with Crippen molar-refractivity contribution in [1.29, 1.82) is 0 Å². The molecule has 2 atom stereocenters. The first-order chi connectivity index (χ1) is 16.7. The molecule has 1 amide bonds. The summed E-state index contributed by atoms with van der Waals surface area (Å²) in [5, 5.41) is 7.30. The van der Waals surface area contributed by atoms with Crippen LogP contribution in [0.3, 0.4) is 0 Å². The third kappa shape index (κ3) is 6.15. The highest BCUT2D eigenvalue weighted by Crippen LogP contribution is 2.24. The van der Waals surface area contributed by atoms with E-state index in [0.29, 0.717) is 31.2 Å². The number of amides is 1. The Morgan fingerprint density at radius 1 is 1.20 bits per heavy atom. The van der Waals surface area contributed by atoms with Gasteiger partial charge >= 0.3 is 0 Å². The maximum Gasteiger partial charge on any atom is 0.241 e. The van der Waals surface area contributed by atoms with Crippen LogP contribution in [-0.2, 0) is 21.2 Å². The number of aryl methyl sites for hydroxylation is 1. The molecule has 2 unspecified atom stereocenters. The summed E-state index contributed by atoms with van der Waals surface area (Å²) in [6.45, 7) is 6.02. The van der Waals surface area contributed by atoms with Crippen molar-refractivity contribution in [2.75, 3.05) is 19.3 Å². The molecule has 2 heterocycles. The molecular formula is C26H32N4O4S. The lowest BCUT2D eigenvalue weighted by Gasteiger charge is -2.32. The van der Waals surface area contributed by atoms with Crippen LogP contribution in [0.5, 0.6) is 0 Å². The number of carbonyl (C=O) groups is 1. The van der Waals surface area contributed by atoms with Gasteiger partial charge in [0.1, 0.15) is 0 Å². The van der Waals surface area contributed by atoms with E-state index >= 15 is 0 Å². The lowest BCUT2D eigenvalue weighted by atomic mass is 9.95. The number of hydrogen-bond acceptors (Lipinski definition) is 7. The highest BCUT2D eigenvalue weighted by Gasteiger charge is 2.28. The van der Waals surface area contributed by atoms with Gasteiger partial charge in [0.05, 0.1) is 23.4 Å². The van der Waals surface area contributed by atoms with E-state index in [4.69, 9.17) is 4.52 Å². The molecule has 0 radical (unpaired) electrons. The van der Waals surface area contributed by atoms with Gasteiger partial charge in [-0.3, -0.25) is 9.69 Å². The fraction of sp³-hybridized carbons (Fsp3) is 0.423. The van der Waals surface area contributed by atoms with Crippen molar-refractivity contribution in [3.8, 4) is 11.4 Å². The van der Waals surface area contributed by atoms with E-state index in [1.54, 1.807) is 24.3 Å². The van der Waals surface area contributed by atoms with Crippen LogP contribution in [0, 0.1) is 12.8 Å². The number of piperidine rings is 1. The van der Waals surface area contributed by atoms with Crippen LogP contribution < -0.4 is 5.32 Å². The first kappa shape index (κ1) is 25.1. The summed E-state index contributed by atoms with van der Waals surface area (Å²) >= 11 is 0. The average molecular weight is 497 g/mol. The summed E-state index contributed by atoms with van der Waals surface area (Å²) in [7, 11) is -3.25. The van der Waals surface area contributed by atoms with Crippen LogP contribution in [0.15, 0.2) is 57.9 Å². The van der Waals surface area contributed by atoms with Crippen molar-refractivity contribution in [3.05, 3.63) is 65.5 Å². The van der Waals surface area contributed by atoms with E-state index < -0.39 is 9.84 Å². The minimum Gasteiger partial charge on any atom is -0.349 e. The molecule has 3 aromatic rings. The molecule has 1 aliphatic heterocycles. The lowest BCUT2D eigenvalue weighted by molar-refractivity contribution is -0.127. The van der Waals surface area contributed by atoms with Crippen LogP contribution in [0.25, 0.3) is 11.4 Å². The third-order valence-electron chi connectivity index (χ3n) is 6.52. The number of sulfone groups is 1. The number of carbonyl (C=O) groups excluding carboxylic acids is 1. The van der Waals surface area contributed by atoms with Gasteiger partial charge in [-0.15, -0.1) is 0 Å². The predicted molar refractivity (Wildman–Crippen MR) is 133 cm³/mol. The normalized spacial score (nSPS) is 17.7. The van der Waals surface area contributed by atoms with E-state index in [2.05, 4.69) is 20.4 Å². The standard InChI is InChI=1S/C26H32N4O4S/c1-4-23(19-11-13-21(14-12-19)35(3,32)33)27-26(31)20-9-7-15-30(16-20)17-24-28-25(29-34-24)22-10-6-5-8-18(22)2/h5-6,8,10-14,20,23H,4,7,9,15-17H2,1-3H3,(H,27,31). The number of aromatic nitrogens is 2. The molecule has 1 saturated heterocycles. The van der Waals surface area contributed by atoms with Crippen molar-refractivity contribution < 1.29 is 17.7 Å². The van der Waals surface area contributed by atoms with Gasteiger partial charge in [-0.2, -0.15) is 4.98 Å². The Hall–Kier alpha value is -3.04. The van der Waals surface area contributed by atoms with Crippen molar-refractivity contribution in [1.82, 2.24) is 20.4 Å². The first-order valence-corrected chi connectivity index (χ1v) is 13.8. The topological polar surface area (TPSA) is 105 Å². The third-order valence-corrected chi connectivity index (χ3v) is 7.65. The van der Waals surface area contributed by atoms with Crippen LogP contribution in [0.4, 0.5) is 0 Å². The summed E-state index contributed by atoms with van der Waals surface area (Å²) in [6, 6.07) is 14.5. The quantitative estimate of drug-likeness (QED) is 0.504. The number of rotatable bonds is 8. The van der Waals surface area contributed by atoms with Gasteiger partial charge in [-0.1, -0.05) is 48.5 Å². The van der Waals surface area contributed by atoms with E-state index in [1.807, 2.05) is 38.1 Å². The largest absolute Gasteiger partial charge is 0.349 e. The number of nitrogens with zero attached hydrogens (tertiary/aromatic N) is 3. The maximum absolute atomic E-state index is 13.1. The summed E-state index contributed by atoms with van der Waals surface area (Å²) in [5.41, 5.74) is 2.94. The molecular weight excluding hydrogens is 464 g/mol.